The molecule has 0 aromatic heterocycles. The number of esters is 1. The van der Waals surface area contributed by atoms with Gasteiger partial charge in [0.15, 0.2) is 0 Å². The number of carbonyl (C=O) groups excluding carboxylic acids is 1. The fourth-order valence-corrected chi connectivity index (χ4v) is 3.22. The standard InChI is InChI=1S/C16H18N2O4S/c1-9-13(16(19)22-3)14(15(18(20)21)10(2)17-9)11-6-5-7-12(8-11)23-4/h5-8,14,17H,1-4H3. The zero-order chi connectivity index (χ0) is 17.1. The van der Waals surface area contributed by atoms with Crippen molar-refractivity contribution in [1.29, 1.82) is 0 Å². The van der Waals surface area contributed by atoms with Crippen LogP contribution in [0.2, 0.25) is 0 Å². The summed E-state index contributed by atoms with van der Waals surface area (Å²) < 4.78 is 4.84. The first kappa shape index (κ1) is 17.1. The average Bonchev–Trinajstić information content (AvgIpc) is 2.53. The summed E-state index contributed by atoms with van der Waals surface area (Å²) >= 11 is 1.54. The minimum Gasteiger partial charge on any atom is -0.466 e. The molecule has 1 aliphatic rings. The Morgan fingerprint density at radius 1 is 1.35 bits per heavy atom. The Bertz CT molecular complexity index is 725. The number of hydrogen-bond donors (Lipinski definition) is 1. The molecule has 0 aliphatic carbocycles. The Labute approximate surface area is 138 Å². The van der Waals surface area contributed by atoms with E-state index in [2.05, 4.69) is 5.32 Å². The summed E-state index contributed by atoms with van der Waals surface area (Å²) in [5, 5.41) is 14.5. The van der Waals surface area contributed by atoms with Crippen LogP contribution in [0.5, 0.6) is 0 Å². The highest BCUT2D eigenvalue weighted by Crippen LogP contribution is 2.39. The van der Waals surface area contributed by atoms with Gasteiger partial charge in [-0.15, -0.1) is 11.8 Å². The van der Waals surface area contributed by atoms with Crippen molar-refractivity contribution in [3.8, 4) is 0 Å². The van der Waals surface area contributed by atoms with Gasteiger partial charge in [0.25, 0.3) is 5.70 Å². The summed E-state index contributed by atoms with van der Waals surface area (Å²) in [7, 11) is 1.27. The fourth-order valence-electron chi connectivity index (χ4n) is 2.75. The van der Waals surface area contributed by atoms with Crippen LogP contribution >= 0.6 is 11.8 Å². The van der Waals surface area contributed by atoms with E-state index in [9.17, 15) is 14.9 Å². The van der Waals surface area contributed by atoms with Gasteiger partial charge in [-0.1, -0.05) is 12.1 Å². The van der Waals surface area contributed by atoms with Crippen molar-refractivity contribution in [2.24, 2.45) is 0 Å². The topological polar surface area (TPSA) is 81.5 Å². The molecule has 0 amide bonds. The Balaban J connectivity index is 2.69. The van der Waals surface area contributed by atoms with Crippen molar-refractivity contribution in [3.63, 3.8) is 0 Å². The molecule has 2 rings (SSSR count). The highest BCUT2D eigenvalue weighted by atomic mass is 32.2. The highest BCUT2D eigenvalue weighted by molar-refractivity contribution is 7.98. The summed E-state index contributed by atoms with van der Waals surface area (Å²) in [5.41, 5.74) is 1.93. The lowest BCUT2D eigenvalue weighted by atomic mass is 9.84. The van der Waals surface area contributed by atoms with Gasteiger partial charge in [0.05, 0.1) is 23.3 Å². The molecule has 0 saturated carbocycles. The summed E-state index contributed by atoms with van der Waals surface area (Å²) in [6.45, 7) is 3.36. The van der Waals surface area contributed by atoms with Crippen molar-refractivity contribution in [2.45, 2.75) is 24.7 Å². The van der Waals surface area contributed by atoms with Crippen LogP contribution in [0.1, 0.15) is 25.3 Å². The number of ether oxygens (including phenoxy) is 1. The molecule has 0 fully saturated rings. The minimum absolute atomic E-state index is 0.0331. The van der Waals surface area contributed by atoms with E-state index < -0.39 is 16.8 Å². The first-order valence-corrected chi connectivity index (χ1v) is 8.18. The predicted octanol–water partition coefficient (Wildman–Crippen LogP) is 3.05. The maximum Gasteiger partial charge on any atom is 0.336 e. The van der Waals surface area contributed by atoms with Crippen molar-refractivity contribution in [3.05, 3.63) is 62.6 Å². The van der Waals surface area contributed by atoms with Crippen LogP contribution in [0.4, 0.5) is 0 Å². The number of nitrogens with zero attached hydrogens (tertiary/aromatic N) is 1. The lowest BCUT2D eigenvalue weighted by Gasteiger charge is -2.26. The van der Waals surface area contributed by atoms with Gasteiger partial charge < -0.3 is 10.1 Å². The third-order valence-electron chi connectivity index (χ3n) is 3.75. The van der Waals surface area contributed by atoms with Crippen LogP contribution in [-0.2, 0) is 9.53 Å². The van der Waals surface area contributed by atoms with Crippen LogP contribution in [0.3, 0.4) is 0 Å². The smallest absolute Gasteiger partial charge is 0.336 e. The van der Waals surface area contributed by atoms with Gasteiger partial charge in [-0.05, 0) is 37.8 Å². The second-order valence-corrected chi connectivity index (χ2v) is 6.01. The molecule has 1 atom stereocenters. The Morgan fingerprint density at radius 3 is 2.61 bits per heavy atom. The minimum atomic E-state index is -0.759. The van der Waals surface area contributed by atoms with Crippen LogP contribution in [0.15, 0.2) is 51.8 Å². The van der Waals surface area contributed by atoms with Gasteiger partial charge in [-0.3, -0.25) is 10.1 Å². The summed E-state index contributed by atoms with van der Waals surface area (Å²) in [4.78, 5) is 24.4. The number of nitrogens with one attached hydrogen (secondary N) is 1. The third kappa shape index (κ3) is 3.24. The number of hydrogen-bond acceptors (Lipinski definition) is 6. The molecule has 1 aliphatic heterocycles. The third-order valence-corrected chi connectivity index (χ3v) is 4.48. The molecule has 0 bridgehead atoms. The molecule has 1 N–H and O–H groups in total. The maximum absolute atomic E-state index is 12.2. The van der Waals surface area contributed by atoms with E-state index in [0.717, 1.165) is 4.90 Å². The molecular weight excluding hydrogens is 316 g/mol. The average molecular weight is 334 g/mol. The zero-order valence-corrected chi connectivity index (χ0v) is 14.2. The molecule has 7 heteroatoms. The van der Waals surface area contributed by atoms with Crippen LogP contribution < -0.4 is 5.32 Å². The monoisotopic (exact) mass is 334 g/mol. The molecule has 0 saturated heterocycles. The number of methoxy groups -OCH3 is 1. The predicted molar refractivity (Wildman–Crippen MR) is 88.5 cm³/mol. The Hall–Kier alpha value is -2.28. The van der Waals surface area contributed by atoms with Crippen molar-refractivity contribution < 1.29 is 14.5 Å². The SMILES string of the molecule is COC(=O)C1=C(C)NC(C)=C([N+](=O)[O-])C1c1cccc(SC)c1. The Morgan fingerprint density at radius 2 is 2.04 bits per heavy atom. The van der Waals surface area contributed by atoms with E-state index in [0.29, 0.717) is 17.0 Å². The van der Waals surface area contributed by atoms with E-state index in [1.54, 1.807) is 19.9 Å². The molecule has 0 radical (unpaired) electrons. The number of thioether (sulfide) groups is 1. The van der Waals surface area contributed by atoms with E-state index in [4.69, 9.17) is 4.74 Å². The second kappa shape index (κ2) is 6.87. The zero-order valence-electron chi connectivity index (χ0n) is 13.4. The van der Waals surface area contributed by atoms with Gasteiger partial charge in [0.1, 0.15) is 5.92 Å². The van der Waals surface area contributed by atoms with Crippen molar-refractivity contribution >= 4 is 17.7 Å². The van der Waals surface area contributed by atoms with E-state index in [-0.39, 0.29) is 11.3 Å². The van der Waals surface area contributed by atoms with Crippen LogP contribution in [0, 0.1) is 10.1 Å². The number of allylic oxidation sites excluding steroid dienone is 3. The van der Waals surface area contributed by atoms with Gasteiger partial charge in [0.2, 0.25) is 0 Å². The van der Waals surface area contributed by atoms with E-state index >= 15 is 0 Å². The molecule has 23 heavy (non-hydrogen) atoms. The summed E-state index contributed by atoms with van der Waals surface area (Å²) in [6.07, 6.45) is 1.93. The van der Waals surface area contributed by atoms with Gasteiger partial charge in [-0.2, -0.15) is 0 Å². The first-order chi connectivity index (χ1) is 10.9. The number of dihydropyridines is 1. The molecule has 0 spiro atoms. The van der Waals surface area contributed by atoms with Gasteiger partial charge in [0, 0.05) is 10.6 Å². The van der Waals surface area contributed by atoms with Crippen molar-refractivity contribution in [1.82, 2.24) is 5.32 Å². The molecule has 1 unspecified atom stereocenters. The molecule has 1 aromatic carbocycles. The lowest BCUT2D eigenvalue weighted by molar-refractivity contribution is -0.431. The quantitative estimate of drug-likeness (QED) is 0.394. The molecular formula is C16H18N2O4S. The second-order valence-electron chi connectivity index (χ2n) is 5.13. The number of benzene rings is 1. The van der Waals surface area contributed by atoms with E-state index in [1.807, 2.05) is 24.5 Å². The highest BCUT2D eigenvalue weighted by Gasteiger charge is 2.40. The Kier molecular flexibility index (Phi) is 5.10. The fraction of sp³-hybridized carbons (Fsp3) is 0.312. The summed E-state index contributed by atoms with van der Waals surface area (Å²) in [5.74, 6) is -1.33. The molecule has 1 aromatic rings. The first-order valence-electron chi connectivity index (χ1n) is 6.96. The van der Waals surface area contributed by atoms with Gasteiger partial charge >= 0.3 is 5.97 Å². The molecule has 6 nitrogen and oxygen atoms in total. The lowest BCUT2D eigenvalue weighted by Crippen LogP contribution is -2.31. The van der Waals surface area contributed by atoms with Gasteiger partial charge in [-0.25, -0.2) is 4.79 Å². The number of carbonyl (C=O) groups is 1. The van der Waals surface area contributed by atoms with Crippen LogP contribution in [0.25, 0.3) is 0 Å². The number of nitro groups is 1. The molecule has 122 valence electrons. The largest absolute Gasteiger partial charge is 0.466 e. The van der Waals surface area contributed by atoms with E-state index in [1.165, 1.54) is 18.9 Å². The molecule has 1 heterocycles. The normalized spacial score (nSPS) is 17.8. The summed E-state index contributed by atoms with van der Waals surface area (Å²) in [6, 6.07) is 7.42. The van der Waals surface area contributed by atoms with Crippen molar-refractivity contribution in [2.75, 3.05) is 13.4 Å². The van der Waals surface area contributed by atoms with Crippen LogP contribution in [-0.4, -0.2) is 24.3 Å². The number of rotatable bonds is 4. The maximum atomic E-state index is 12.2.